The van der Waals surface area contributed by atoms with Crippen LogP contribution >= 0.6 is 0 Å². The van der Waals surface area contributed by atoms with Gasteiger partial charge in [-0.1, -0.05) is 12.1 Å². The number of allylic oxidation sites excluding steroid dienone is 1. The van der Waals surface area contributed by atoms with Crippen molar-refractivity contribution in [3.63, 3.8) is 0 Å². The summed E-state index contributed by atoms with van der Waals surface area (Å²) < 4.78 is 18.6. The zero-order chi connectivity index (χ0) is 14.1. The second kappa shape index (κ2) is 5.37. The van der Waals surface area contributed by atoms with Crippen molar-refractivity contribution in [2.24, 2.45) is 0 Å². The summed E-state index contributed by atoms with van der Waals surface area (Å²) in [5.41, 5.74) is 3.39. The summed E-state index contributed by atoms with van der Waals surface area (Å²) in [6, 6.07) is 5.11. The van der Waals surface area contributed by atoms with E-state index in [9.17, 15) is 9.18 Å². The molecule has 0 bridgehead atoms. The van der Waals surface area contributed by atoms with E-state index in [1.54, 1.807) is 6.07 Å². The van der Waals surface area contributed by atoms with Gasteiger partial charge in [0.2, 0.25) is 0 Å². The predicted octanol–water partition coefficient (Wildman–Crippen LogP) is 2.45. The minimum Gasteiger partial charge on any atom is -0.461 e. The first-order chi connectivity index (χ1) is 9.63. The molecule has 0 spiro atoms. The van der Waals surface area contributed by atoms with Gasteiger partial charge in [-0.2, -0.15) is 0 Å². The summed E-state index contributed by atoms with van der Waals surface area (Å²) in [5, 5.41) is 3.39. The minimum atomic E-state index is -0.230. The average Bonchev–Trinajstić information content (AvgIpc) is 2.97. The number of hydrogen-bond acceptors (Lipinski definition) is 3. The van der Waals surface area contributed by atoms with E-state index in [4.69, 9.17) is 4.74 Å². The van der Waals surface area contributed by atoms with Crippen LogP contribution in [0.5, 0.6) is 0 Å². The highest BCUT2D eigenvalue weighted by Gasteiger charge is 2.31. The standard InChI is InChI=1S/C16H18FNO2/c1-10(19)20-16-6-7-18-15(16)9-12-3-2-11-8-13(17)4-5-14(11)12/h3-5,8,15-16,18H,2,6-7,9H2,1H3/t15-,16+/m1/s1. The highest BCUT2D eigenvalue weighted by Crippen LogP contribution is 2.33. The molecule has 1 aliphatic heterocycles. The van der Waals surface area contributed by atoms with Crippen molar-refractivity contribution < 1.29 is 13.9 Å². The number of ether oxygens (including phenoxy) is 1. The van der Waals surface area contributed by atoms with Crippen LogP contribution in [0.1, 0.15) is 30.9 Å². The highest BCUT2D eigenvalue weighted by atomic mass is 19.1. The molecular weight excluding hydrogens is 257 g/mol. The van der Waals surface area contributed by atoms with Gasteiger partial charge in [-0.15, -0.1) is 0 Å². The first kappa shape index (κ1) is 13.3. The van der Waals surface area contributed by atoms with Gasteiger partial charge in [-0.25, -0.2) is 4.39 Å². The Morgan fingerprint density at radius 1 is 1.50 bits per heavy atom. The summed E-state index contributed by atoms with van der Waals surface area (Å²) >= 11 is 0. The molecule has 3 nitrogen and oxygen atoms in total. The van der Waals surface area contributed by atoms with Crippen LogP contribution in [0.2, 0.25) is 0 Å². The molecule has 1 heterocycles. The topological polar surface area (TPSA) is 38.3 Å². The smallest absolute Gasteiger partial charge is 0.302 e. The molecule has 1 fully saturated rings. The second-order valence-electron chi connectivity index (χ2n) is 5.44. The molecule has 2 atom stereocenters. The van der Waals surface area contributed by atoms with Crippen LogP contribution in [0.3, 0.4) is 0 Å². The van der Waals surface area contributed by atoms with Gasteiger partial charge in [0.1, 0.15) is 11.9 Å². The Morgan fingerprint density at radius 2 is 2.35 bits per heavy atom. The number of fused-ring (bicyclic) bond motifs is 1. The molecule has 106 valence electrons. The first-order valence-corrected chi connectivity index (χ1v) is 7.02. The van der Waals surface area contributed by atoms with Crippen LogP contribution in [0.4, 0.5) is 4.39 Å². The lowest BCUT2D eigenvalue weighted by Gasteiger charge is -2.20. The Bertz CT molecular complexity index is 568. The molecule has 0 amide bonds. The summed E-state index contributed by atoms with van der Waals surface area (Å²) in [4.78, 5) is 11.1. The normalized spacial score (nSPS) is 24.4. The number of benzene rings is 1. The summed E-state index contributed by atoms with van der Waals surface area (Å²) in [6.45, 7) is 2.31. The van der Waals surface area contributed by atoms with Crippen molar-refractivity contribution >= 4 is 11.5 Å². The molecule has 0 aromatic heterocycles. The number of carbonyl (C=O) groups excluding carboxylic acids is 1. The fraction of sp³-hybridized carbons (Fsp3) is 0.438. The van der Waals surface area contributed by atoms with Crippen molar-refractivity contribution in [3.8, 4) is 0 Å². The Balaban J connectivity index is 1.72. The van der Waals surface area contributed by atoms with E-state index in [0.717, 1.165) is 36.9 Å². The third-order valence-corrected chi connectivity index (χ3v) is 4.02. The van der Waals surface area contributed by atoms with E-state index in [0.29, 0.717) is 0 Å². The fourth-order valence-corrected chi connectivity index (χ4v) is 3.12. The Kier molecular flexibility index (Phi) is 3.57. The summed E-state index contributed by atoms with van der Waals surface area (Å²) in [5.74, 6) is -0.415. The molecule has 1 aromatic rings. The molecule has 1 N–H and O–H groups in total. The van der Waals surface area contributed by atoms with Gasteiger partial charge in [-0.3, -0.25) is 4.79 Å². The molecule has 20 heavy (non-hydrogen) atoms. The number of halogens is 1. The Morgan fingerprint density at radius 3 is 3.15 bits per heavy atom. The maximum absolute atomic E-state index is 13.2. The summed E-state index contributed by atoms with van der Waals surface area (Å²) in [6.07, 6.45) is 4.55. The molecule has 2 aliphatic rings. The van der Waals surface area contributed by atoms with Gasteiger partial charge >= 0.3 is 5.97 Å². The molecule has 1 aliphatic carbocycles. The van der Waals surface area contributed by atoms with Crippen LogP contribution in [-0.2, 0) is 16.0 Å². The Hall–Kier alpha value is -1.68. The molecule has 0 radical (unpaired) electrons. The van der Waals surface area contributed by atoms with Crippen molar-refractivity contribution in [3.05, 3.63) is 41.2 Å². The lowest BCUT2D eigenvalue weighted by Crippen LogP contribution is -2.33. The van der Waals surface area contributed by atoms with Gasteiger partial charge in [-0.05, 0) is 54.6 Å². The third-order valence-electron chi connectivity index (χ3n) is 4.02. The highest BCUT2D eigenvalue weighted by molar-refractivity contribution is 5.73. The molecule has 1 aromatic carbocycles. The van der Waals surface area contributed by atoms with Gasteiger partial charge < -0.3 is 10.1 Å². The molecule has 3 rings (SSSR count). The predicted molar refractivity (Wildman–Crippen MR) is 74.7 cm³/mol. The minimum absolute atomic E-state index is 0.0575. The van der Waals surface area contributed by atoms with E-state index in [1.165, 1.54) is 18.6 Å². The van der Waals surface area contributed by atoms with Crippen LogP contribution in [0, 0.1) is 5.82 Å². The monoisotopic (exact) mass is 275 g/mol. The first-order valence-electron chi connectivity index (χ1n) is 7.02. The van der Waals surface area contributed by atoms with Crippen molar-refractivity contribution in [2.45, 2.75) is 38.3 Å². The van der Waals surface area contributed by atoms with E-state index < -0.39 is 0 Å². The van der Waals surface area contributed by atoms with Gasteiger partial charge in [0.05, 0.1) is 0 Å². The average molecular weight is 275 g/mol. The fourth-order valence-electron chi connectivity index (χ4n) is 3.12. The van der Waals surface area contributed by atoms with Crippen molar-refractivity contribution in [2.75, 3.05) is 6.54 Å². The number of nitrogens with one attached hydrogen (secondary N) is 1. The maximum atomic E-state index is 13.2. The van der Waals surface area contributed by atoms with Gasteiger partial charge in [0, 0.05) is 13.0 Å². The van der Waals surface area contributed by atoms with Crippen molar-refractivity contribution in [1.29, 1.82) is 0 Å². The molecule has 0 unspecified atom stereocenters. The lowest BCUT2D eigenvalue weighted by molar-refractivity contribution is -0.146. The SMILES string of the molecule is CC(=O)O[C@H]1CCN[C@@H]1CC1=CCc2cc(F)ccc21. The van der Waals surface area contributed by atoms with E-state index in [-0.39, 0.29) is 23.9 Å². The van der Waals surface area contributed by atoms with Gasteiger partial charge in [0.15, 0.2) is 0 Å². The molecule has 0 saturated carbocycles. The number of hydrogen-bond donors (Lipinski definition) is 1. The molecular formula is C16H18FNO2. The lowest BCUT2D eigenvalue weighted by atomic mass is 9.97. The number of rotatable bonds is 3. The van der Waals surface area contributed by atoms with E-state index in [1.807, 2.05) is 6.07 Å². The van der Waals surface area contributed by atoms with Crippen molar-refractivity contribution in [1.82, 2.24) is 5.32 Å². The van der Waals surface area contributed by atoms with E-state index in [2.05, 4.69) is 11.4 Å². The largest absolute Gasteiger partial charge is 0.461 e. The zero-order valence-corrected chi connectivity index (χ0v) is 11.5. The Labute approximate surface area is 117 Å². The zero-order valence-electron chi connectivity index (χ0n) is 11.5. The molecule has 1 saturated heterocycles. The van der Waals surface area contributed by atoms with E-state index >= 15 is 0 Å². The van der Waals surface area contributed by atoms with Crippen LogP contribution in [0.25, 0.3) is 5.57 Å². The second-order valence-corrected chi connectivity index (χ2v) is 5.44. The number of esters is 1. The number of carbonyl (C=O) groups is 1. The maximum Gasteiger partial charge on any atom is 0.302 e. The van der Waals surface area contributed by atoms with Crippen LogP contribution in [-0.4, -0.2) is 24.7 Å². The van der Waals surface area contributed by atoms with Crippen LogP contribution in [0.15, 0.2) is 24.3 Å². The third kappa shape index (κ3) is 2.61. The quantitative estimate of drug-likeness (QED) is 0.861. The molecule has 4 heteroatoms. The van der Waals surface area contributed by atoms with Crippen LogP contribution < -0.4 is 5.32 Å². The summed E-state index contributed by atoms with van der Waals surface area (Å²) in [7, 11) is 0. The van der Waals surface area contributed by atoms with Gasteiger partial charge in [0.25, 0.3) is 0 Å².